The van der Waals surface area contributed by atoms with E-state index < -0.39 is 0 Å². The van der Waals surface area contributed by atoms with Crippen LogP contribution in [-0.4, -0.2) is 46.9 Å². The SMILES string of the molecule is C=CC(=O)Nc1ccc(C(=O)N2CCCCC2)c(OC)c1.CC(C)(C)c1cnc(CSc2cnc(N)s2)o1. The van der Waals surface area contributed by atoms with E-state index in [1.54, 1.807) is 42.4 Å². The Morgan fingerprint density at radius 2 is 1.97 bits per heavy atom. The molecule has 1 aliphatic rings. The van der Waals surface area contributed by atoms with E-state index in [1.807, 2.05) is 4.90 Å². The molecule has 38 heavy (non-hydrogen) atoms. The van der Waals surface area contributed by atoms with E-state index >= 15 is 0 Å². The van der Waals surface area contributed by atoms with Crippen LogP contribution in [0.3, 0.4) is 0 Å². The molecule has 3 N–H and O–H groups in total. The average Bonchev–Trinajstić information content (AvgIpc) is 3.57. The number of anilines is 2. The van der Waals surface area contributed by atoms with Crippen LogP contribution >= 0.6 is 23.1 Å². The van der Waals surface area contributed by atoms with Gasteiger partial charge in [0.25, 0.3) is 5.91 Å². The molecule has 0 aliphatic carbocycles. The molecule has 0 atom stereocenters. The summed E-state index contributed by atoms with van der Waals surface area (Å²) in [5.41, 5.74) is 6.67. The number of piperidine rings is 1. The van der Waals surface area contributed by atoms with E-state index in [1.165, 1.54) is 30.9 Å². The molecule has 204 valence electrons. The molecule has 1 fully saturated rings. The number of likely N-dealkylation sites (tertiary alicyclic amines) is 1. The summed E-state index contributed by atoms with van der Waals surface area (Å²) in [5, 5.41) is 3.24. The van der Waals surface area contributed by atoms with Crippen LogP contribution in [0.1, 0.15) is 62.0 Å². The van der Waals surface area contributed by atoms with Crippen LogP contribution in [0.2, 0.25) is 0 Å². The second-order valence-electron chi connectivity index (χ2n) is 9.64. The maximum absolute atomic E-state index is 12.5. The molecular formula is C27H35N5O4S2. The monoisotopic (exact) mass is 557 g/mol. The third-order valence-electron chi connectivity index (χ3n) is 5.66. The quantitative estimate of drug-likeness (QED) is 0.278. The van der Waals surface area contributed by atoms with Crippen molar-refractivity contribution in [1.82, 2.24) is 14.9 Å². The lowest BCUT2D eigenvalue weighted by Gasteiger charge is -2.27. The lowest BCUT2D eigenvalue weighted by atomic mass is 9.94. The largest absolute Gasteiger partial charge is 0.496 e. The Morgan fingerprint density at radius 3 is 2.55 bits per heavy atom. The van der Waals surface area contributed by atoms with Crippen molar-refractivity contribution in [3.8, 4) is 5.75 Å². The highest BCUT2D eigenvalue weighted by molar-refractivity contribution is 8.00. The number of nitrogens with two attached hydrogens (primary N) is 1. The van der Waals surface area contributed by atoms with Gasteiger partial charge in [-0.25, -0.2) is 9.97 Å². The number of carbonyl (C=O) groups is 2. The molecule has 0 spiro atoms. The molecule has 4 rings (SSSR count). The van der Waals surface area contributed by atoms with Crippen molar-refractivity contribution in [2.45, 2.75) is 55.4 Å². The molecule has 2 aromatic heterocycles. The fraction of sp³-hybridized carbons (Fsp3) is 0.407. The van der Waals surface area contributed by atoms with E-state index in [0.717, 1.165) is 41.8 Å². The minimum Gasteiger partial charge on any atom is -0.496 e. The first-order valence-electron chi connectivity index (χ1n) is 12.3. The predicted molar refractivity (Wildman–Crippen MR) is 153 cm³/mol. The third-order valence-corrected chi connectivity index (χ3v) is 7.67. The van der Waals surface area contributed by atoms with Gasteiger partial charge in [-0.2, -0.15) is 0 Å². The minimum absolute atomic E-state index is 0.00479. The highest BCUT2D eigenvalue weighted by atomic mass is 32.2. The van der Waals surface area contributed by atoms with E-state index in [9.17, 15) is 9.59 Å². The zero-order valence-corrected chi connectivity index (χ0v) is 23.9. The van der Waals surface area contributed by atoms with Crippen LogP contribution in [0.25, 0.3) is 0 Å². The van der Waals surface area contributed by atoms with Gasteiger partial charge in [-0.15, -0.1) is 11.8 Å². The number of hydrogen-bond donors (Lipinski definition) is 2. The summed E-state index contributed by atoms with van der Waals surface area (Å²) in [4.78, 5) is 33.9. The summed E-state index contributed by atoms with van der Waals surface area (Å²) in [6.45, 7) is 11.3. The predicted octanol–water partition coefficient (Wildman–Crippen LogP) is 5.75. The van der Waals surface area contributed by atoms with Gasteiger partial charge in [0.1, 0.15) is 11.5 Å². The van der Waals surface area contributed by atoms with Crippen LogP contribution in [-0.2, 0) is 16.0 Å². The standard InChI is InChI=1S/C16H20N2O3.C11H15N3OS2/c1-3-15(19)17-12-7-8-13(14(11-12)21-2)16(20)18-9-5-4-6-10-18;1-11(2,3)7-4-13-8(15-7)6-16-9-5-14-10(12)17-9/h3,7-8,11H,1,4-6,9-10H2,2H3,(H,17,19);4-5H,6H2,1-3H3,(H2,12,14). The fourth-order valence-electron chi connectivity index (χ4n) is 3.60. The molecule has 0 unspecified atom stereocenters. The molecule has 11 heteroatoms. The number of hydrogen-bond acceptors (Lipinski definition) is 9. The zero-order chi connectivity index (χ0) is 27.7. The lowest BCUT2D eigenvalue weighted by Crippen LogP contribution is -2.35. The smallest absolute Gasteiger partial charge is 0.257 e. The summed E-state index contributed by atoms with van der Waals surface area (Å²) < 4.78 is 12.1. The molecule has 2 amide bonds. The van der Waals surface area contributed by atoms with Gasteiger partial charge in [0, 0.05) is 30.3 Å². The second-order valence-corrected chi connectivity index (χ2v) is 12.0. The van der Waals surface area contributed by atoms with Crippen LogP contribution in [0.5, 0.6) is 5.75 Å². The summed E-state index contributed by atoms with van der Waals surface area (Å²) >= 11 is 3.12. The van der Waals surface area contributed by atoms with Gasteiger partial charge in [-0.3, -0.25) is 9.59 Å². The van der Waals surface area contributed by atoms with Gasteiger partial charge in [-0.05, 0) is 37.5 Å². The summed E-state index contributed by atoms with van der Waals surface area (Å²) in [5.74, 6) is 2.51. The fourth-order valence-corrected chi connectivity index (χ4v) is 5.21. The summed E-state index contributed by atoms with van der Waals surface area (Å²) in [6.07, 6.45) is 8.03. The number of aromatic nitrogens is 2. The van der Waals surface area contributed by atoms with Gasteiger partial charge >= 0.3 is 0 Å². The topological polar surface area (TPSA) is 124 Å². The molecular weight excluding hydrogens is 522 g/mol. The number of thioether (sulfide) groups is 1. The van der Waals surface area contributed by atoms with Crippen molar-refractivity contribution < 1.29 is 18.7 Å². The van der Waals surface area contributed by atoms with Gasteiger partial charge in [0.15, 0.2) is 5.13 Å². The van der Waals surface area contributed by atoms with Crippen molar-refractivity contribution in [2.75, 3.05) is 31.2 Å². The number of methoxy groups -OCH3 is 1. The summed E-state index contributed by atoms with van der Waals surface area (Å²) in [7, 11) is 1.52. The molecule has 0 saturated carbocycles. The molecule has 0 radical (unpaired) electrons. The van der Waals surface area contributed by atoms with Crippen LogP contribution < -0.4 is 15.8 Å². The molecule has 3 heterocycles. The minimum atomic E-state index is -0.299. The number of oxazole rings is 1. The van der Waals surface area contributed by atoms with E-state index in [2.05, 4.69) is 42.6 Å². The lowest BCUT2D eigenvalue weighted by molar-refractivity contribution is -0.111. The van der Waals surface area contributed by atoms with Crippen LogP contribution in [0, 0.1) is 0 Å². The third kappa shape index (κ3) is 8.35. The number of amides is 2. The number of thiazole rings is 1. The van der Waals surface area contributed by atoms with Crippen molar-refractivity contribution in [1.29, 1.82) is 0 Å². The first-order chi connectivity index (χ1) is 18.1. The maximum atomic E-state index is 12.5. The first-order valence-corrected chi connectivity index (χ1v) is 14.1. The normalized spacial score (nSPS) is 13.3. The number of nitrogens with zero attached hydrogens (tertiary/aromatic N) is 3. The molecule has 3 aromatic rings. The van der Waals surface area contributed by atoms with Crippen LogP contribution in [0.15, 0.2) is 51.9 Å². The Labute approximate surface area is 231 Å². The van der Waals surface area contributed by atoms with E-state index in [0.29, 0.717) is 27.9 Å². The Morgan fingerprint density at radius 1 is 1.24 bits per heavy atom. The Bertz CT molecular complexity index is 1240. The molecule has 9 nitrogen and oxygen atoms in total. The van der Waals surface area contributed by atoms with Crippen molar-refractivity contribution in [2.24, 2.45) is 0 Å². The number of carbonyl (C=O) groups excluding carboxylic acids is 2. The number of rotatable bonds is 7. The van der Waals surface area contributed by atoms with Gasteiger partial charge in [-0.1, -0.05) is 38.7 Å². The number of nitrogens with one attached hydrogen (secondary N) is 1. The highest BCUT2D eigenvalue weighted by Gasteiger charge is 2.22. The Hall–Kier alpha value is -3.31. The number of ether oxygens (including phenoxy) is 1. The van der Waals surface area contributed by atoms with Crippen molar-refractivity contribution >= 4 is 45.7 Å². The highest BCUT2D eigenvalue weighted by Crippen LogP contribution is 2.30. The Balaban J connectivity index is 0.000000215. The first kappa shape index (κ1) is 29.2. The maximum Gasteiger partial charge on any atom is 0.257 e. The average molecular weight is 558 g/mol. The van der Waals surface area contributed by atoms with Gasteiger partial charge in [0.2, 0.25) is 11.8 Å². The number of benzene rings is 1. The number of nitrogen functional groups attached to an aromatic ring is 1. The zero-order valence-electron chi connectivity index (χ0n) is 22.3. The molecule has 0 bridgehead atoms. The molecule has 1 aliphatic heterocycles. The van der Waals surface area contributed by atoms with Crippen molar-refractivity contribution in [3.05, 3.63) is 60.5 Å². The van der Waals surface area contributed by atoms with E-state index in [-0.39, 0.29) is 17.2 Å². The van der Waals surface area contributed by atoms with E-state index in [4.69, 9.17) is 14.9 Å². The van der Waals surface area contributed by atoms with Crippen LogP contribution in [0.4, 0.5) is 10.8 Å². The summed E-state index contributed by atoms with van der Waals surface area (Å²) in [6, 6.07) is 5.04. The Kier molecular flexibility index (Phi) is 10.4. The molecule has 1 aromatic carbocycles. The second kappa shape index (κ2) is 13.5. The van der Waals surface area contributed by atoms with Gasteiger partial charge < -0.3 is 25.1 Å². The molecule has 1 saturated heterocycles. The van der Waals surface area contributed by atoms with Gasteiger partial charge in [0.05, 0.1) is 35.0 Å². The van der Waals surface area contributed by atoms with Crippen molar-refractivity contribution in [3.63, 3.8) is 0 Å².